The Bertz CT molecular complexity index is 247. The lowest BCUT2D eigenvalue weighted by molar-refractivity contribution is -0.0938. The van der Waals surface area contributed by atoms with Crippen molar-refractivity contribution >= 4 is 0 Å². The first-order valence-corrected chi connectivity index (χ1v) is 8.94. The maximum Gasteiger partial charge on any atom is 0.104 e. The Hall–Kier alpha value is -0.280. The summed E-state index contributed by atoms with van der Waals surface area (Å²) >= 11 is 0. The molecule has 0 aromatic rings. The molecule has 0 amide bonds. The van der Waals surface area contributed by atoms with Crippen LogP contribution in [0, 0.1) is 0 Å². The van der Waals surface area contributed by atoms with E-state index in [0.29, 0.717) is 79.3 Å². The van der Waals surface area contributed by atoms with Gasteiger partial charge in [0.1, 0.15) is 6.10 Å². The van der Waals surface area contributed by atoms with Gasteiger partial charge in [-0.1, -0.05) is 6.92 Å². The summed E-state index contributed by atoms with van der Waals surface area (Å²) in [4.78, 5) is 0. The van der Waals surface area contributed by atoms with E-state index in [-0.39, 0.29) is 12.2 Å². The molecule has 144 valence electrons. The van der Waals surface area contributed by atoms with Crippen molar-refractivity contribution in [3.63, 3.8) is 0 Å². The third-order valence-corrected chi connectivity index (χ3v) is 3.51. The highest BCUT2D eigenvalue weighted by Gasteiger charge is 2.12. The molecule has 0 aromatic carbocycles. The highest BCUT2D eigenvalue weighted by molar-refractivity contribution is 4.58. The first-order chi connectivity index (χ1) is 11.8. The SMILES string of the molecule is CCC(C)OCC1COCCOCCOCCOCCOCCO1. The minimum atomic E-state index is -0.0962. The van der Waals surface area contributed by atoms with E-state index in [0.717, 1.165) is 6.42 Å². The summed E-state index contributed by atoms with van der Waals surface area (Å²) < 4.78 is 38.9. The molecule has 0 N–H and O–H groups in total. The topological polar surface area (TPSA) is 64.6 Å². The van der Waals surface area contributed by atoms with E-state index in [4.69, 9.17) is 33.2 Å². The highest BCUT2D eigenvalue weighted by Crippen LogP contribution is 2.02. The zero-order valence-corrected chi connectivity index (χ0v) is 15.2. The normalized spacial score (nSPS) is 25.5. The zero-order valence-electron chi connectivity index (χ0n) is 15.2. The molecule has 2 unspecified atom stereocenters. The largest absolute Gasteiger partial charge is 0.377 e. The van der Waals surface area contributed by atoms with Gasteiger partial charge in [0, 0.05) is 0 Å². The predicted molar refractivity (Wildman–Crippen MR) is 89.5 cm³/mol. The molecule has 0 bridgehead atoms. The van der Waals surface area contributed by atoms with Crippen LogP contribution in [-0.4, -0.2) is 91.5 Å². The third kappa shape index (κ3) is 13.1. The average molecular weight is 350 g/mol. The van der Waals surface area contributed by atoms with Crippen LogP contribution in [0.4, 0.5) is 0 Å². The maximum atomic E-state index is 5.81. The number of hydrogen-bond donors (Lipinski definition) is 0. The van der Waals surface area contributed by atoms with Gasteiger partial charge in [-0.15, -0.1) is 0 Å². The van der Waals surface area contributed by atoms with Crippen LogP contribution in [0.25, 0.3) is 0 Å². The van der Waals surface area contributed by atoms with Crippen molar-refractivity contribution in [2.45, 2.75) is 32.5 Å². The summed E-state index contributed by atoms with van der Waals surface area (Å²) in [6.07, 6.45) is 1.10. The molecule has 0 radical (unpaired) electrons. The Morgan fingerprint density at radius 3 is 1.71 bits per heavy atom. The van der Waals surface area contributed by atoms with Crippen LogP contribution in [0.2, 0.25) is 0 Å². The molecule has 24 heavy (non-hydrogen) atoms. The molecule has 1 rings (SSSR count). The summed E-state index contributed by atoms with van der Waals surface area (Å²) in [6, 6.07) is 0. The minimum absolute atomic E-state index is 0.0962. The van der Waals surface area contributed by atoms with E-state index >= 15 is 0 Å². The van der Waals surface area contributed by atoms with Gasteiger partial charge >= 0.3 is 0 Å². The molecule has 1 aliphatic heterocycles. The van der Waals surface area contributed by atoms with Crippen molar-refractivity contribution in [1.82, 2.24) is 0 Å². The van der Waals surface area contributed by atoms with E-state index in [1.165, 1.54) is 0 Å². The Balaban J connectivity index is 2.26. The second-order valence-corrected chi connectivity index (χ2v) is 5.57. The van der Waals surface area contributed by atoms with Crippen LogP contribution in [0.15, 0.2) is 0 Å². The number of rotatable bonds is 4. The maximum absolute atomic E-state index is 5.81. The van der Waals surface area contributed by atoms with Crippen LogP contribution in [-0.2, 0) is 33.2 Å². The third-order valence-electron chi connectivity index (χ3n) is 3.51. The smallest absolute Gasteiger partial charge is 0.104 e. The van der Waals surface area contributed by atoms with Crippen LogP contribution >= 0.6 is 0 Å². The highest BCUT2D eigenvalue weighted by atomic mass is 16.6. The molecule has 0 spiro atoms. The number of hydrogen-bond acceptors (Lipinski definition) is 7. The quantitative estimate of drug-likeness (QED) is 0.757. The van der Waals surface area contributed by atoms with E-state index in [1.807, 2.05) is 0 Å². The Labute approximate surface area is 145 Å². The van der Waals surface area contributed by atoms with Gasteiger partial charge < -0.3 is 33.2 Å². The first kappa shape index (κ1) is 21.8. The van der Waals surface area contributed by atoms with E-state index in [1.54, 1.807) is 0 Å². The minimum Gasteiger partial charge on any atom is -0.377 e. The van der Waals surface area contributed by atoms with Crippen LogP contribution in [0.5, 0.6) is 0 Å². The first-order valence-electron chi connectivity index (χ1n) is 8.94. The van der Waals surface area contributed by atoms with Gasteiger partial charge in [0.15, 0.2) is 0 Å². The molecule has 1 fully saturated rings. The van der Waals surface area contributed by atoms with E-state index < -0.39 is 0 Å². The fourth-order valence-electron chi connectivity index (χ4n) is 1.90. The van der Waals surface area contributed by atoms with Crippen molar-refractivity contribution < 1.29 is 33.2 Å². The summed E-state index contributed by atoms with van der Waals surface area (Å²) in [5.74, 6) is 0. The molecule has 7 heteroatoms. The molecule has 7 nitrogen and oxygen atoms in total. The Morgan fingerprint density at radius 1 is 0.750 bits per heavy atom. The summed E-state index contributed by atoms with van der Waals surface area (Å²) in [7, 11) is 0. The molecule has 2 atom stereocenters. The lowest BCUT2D eigenvalue weighted by Crippen LogP contribution is -2.30. The molecule has 1 saturated heterocycles. The van der Waals surface area contributed by atoms with Crippen LogP contribution in [0.1, 0.15) is 20.3 Å². The summed E-state index contributed by atoms with van der Waals surface area (Å²) in [5.41, 5.74) is 0. The predicted octanol–water partition coefficient (Wildman–Crippen LogP) is 1.28. The van der Waals surface area contributed by atoms with Crippen molar-refractivity contribution in [2.75, 3.05) is 79.3 Å². The zero-order chi connectivity index (χ0) is 17.3. The van der Waals surface area contributed by atoms with E-state index in [9.17, 15) is 0 Å². The molecular formula is C17H34O7. The van der Waals surface area contributed by atoms with Gasteiger partial charge in [0.2, 0.25) is 0 Å². The van der Waals surface area contributed by atoms with Crippen LogP contribution < -0.4 is 0 Å². The number of ether oxygens (including phenoxy) is 7. The van der Waals surface area contributed by atoms with Gasteiger partial charge in [-0.05, 0) is 13.3 Å². The fraction of sp³-hybridized carbons (Fsp3) is 1.00. The van der Waals surface area contributed by atoms with Crippen molar-refractivity contribution in [1.29, 1.82) is 0 Å². The fourth-order valence-corrected chi connectivity index (χ4v) is 1.90. The van der Waals surface area contributed by atoms with Crippen molar-refractivity contribution in [2.24, 2.45) is 0 Å². The van der Waals surface area contributed by atoms with Gasteiger partial charge in [-0.3, -0.25) is 0 Å². The van der Waals surface area contributed by atoms with Gasteiger partial charge in [0.05, 0.1) is 85.4 Å². The lowest BCUT2D eigenvalue weighted by atomic mass is 10.3. The average Bonchev–Trinajstić information content (AvgIpc) is 2.60. The summed E-state index contributed by atoms with van der Waals surface area (Å²) in [5, 5.41) is 0. The Kier molecular flexibility index (Phi) is 14.7. The standard InChI is InChI=1S/C17H34O7/c1-3-16(2)24-15-17-14-22-11-10-20-7-6-18-4-5-19-8-9-21-12-13-23-17/h16-17H,3-15H2,1-2H3. The second-order valence-electron chi connectivity index (χ2n) is 5.57. The van der Waals surface area contributed by atoms with E-state index in [2.05, 4.69) is 13.8 Å². The van der Waals surface area contributed by atoms with Crippen molar-refractivity contribution in [3.8, 4) is 0 Å². The van der Waals surface area contributed by atoms with Gasteiger partial charge in [-0.25, -0.2) is 0 Å². The van der Waals surface area contributed by atoms with Crippen LogP contribution in [0.3, 0.4) is 0 Å². The second kappa shape index (κ2) is 16.2. The molecule has 1 aliphatic rings. The molecule has 0 aromatic heterocycles. The molecular weight excluding hydrogens is 316 g/mol. The van der Waals surface area contributed by atoms with Crippen molar-refractivity contribution in [3.05, 3.63) is 0 Å². The monoisotopic (exact) mass is 350 g/mol. The molecule has 0 saturated carbocycles. The molecule has 0 aliphatic carbocycles. The Morgan fingerprint density at radius 2 is 1.21 bits per heavy atom. The van der Waals surface area contributed by atoms with Gasteiger partial charge in [0.25, 0.3) is 0 Å². The molecule has 1 heterocycles. The lowest BCUT2D eigenvalue weighted by Gasteiger charge is -2.20. The summed E-state index contributed by atoms with van der Waals surface area (Å²) in [6.45, 7) is 10.7. The van der Waals surface area contributed by atoms with Gasteiger partial charge in [-0.2, -0.15) is 0 Å².